The van der Waals surface area contributed by atoms with Crippen molar-refractivity contribution in [3.63, 3.8) is 0 Å². The van der Waals surface area contributed by atoms with Gasteiger partial charge in [-0.3, -0.25) is 14.4 Å². The third kappa shape index (κ3) is 56.6. The summed E-state index contributed by atoms with van der Waals surface area (Å²) in [5.41, 5.74) is 0. The molecule has 71 heavy (non-hydrogen) atoms. The van der Waals surface area contributed by atoms with Gasteiger partial charge in [0.05, 0.1) is 0 Å². The molecule has 402 valence electrons. The zero-order valence-corrected chi connectivity index (χ0v) is 45.9. The average Bonchev–Trinajstić information content (AvgIpc) is 3.37. The van der Waals surface area contributed by atoms with Crippen molar-refractivity contribution in [3.8, 4) is 0 Å². The zero-order chi connectivity index (χ0) is 51.4. The Hall–Kier alpha value is -4.19. The first-order valence-corrected chi connectivity index (χ1v) is 29.1. The smallest absolute Gasteiger partial charge is 0.306 e. The molecule has 1 atom stereocenters. The van der Waals surface area contributed by atoms with E-state index in [4.69, 9.17) is 14.2 Å². The summed E-state index contributed by atoms with van der Waals surface area (Å²) in [5.74, 6) is -0.928. The second-order valence-corrected chi connectivity index (χ2v) is 18.8. The molecule has 0 saturated carbocycles. The van der Waals surface area contributed by atoms with Crippen LogP contribution < -0.4 is 0 Å². The van der Waals surface area contributed by atoms with E-state index in [-0.39, 0.29) is 31.1 Å². The molecule has 0 spiro atoms. The first kappa shape index (κ1) is 66.8. The quantitative estimate of drug-likeness (QED) is 0.0199. The number of allylic oxidation sites excluding steroid dienone is 20. The van der Waals surface area contributed by atoms with Crippen molar-refractivity contribution < 1.29 is 28.6 Å². The first-order valence-electron chi connectivity index (χ1n) is 29.1. The zero-order valence-electron chi connectivity index (χ0n) is 45.9. The van der Waals surface area contributed by atoms with E-state index in [0.29, 0.717) is 19.3 Å². The molecule has 0 aromatic heterocycles. The second kappa shape index (κ2) is 58.4. The van der Waals surface area contributed by atoms with E-state index in [2.05, 4.69) is 124 Å². The molecule has 0 amide bonds. The summed E-state index contributed by atoms with van der Waals surface area (Å²) in [6, 6.07) is 0. The lowest BCUT2D eigenvalue weighted by Crippen LogP contribution is -2.30. The number of carbonyl (C=O) groups is 3. The van der Waals surface area contributed by atoms with Crippen LogP contribution in [0.5, 0.6) is 0 Å². The highest BCUT2D eigenvalue weighted by molar-refractivity contribution is 5.71. The molecule has 0 aromatic carbocycles. The molecule has 1 unspecified atom stereocenters. The molecular formula is C65H106O6. The van der Waals surface area contributed by atoms with Crippen molar-refractivity contribution in [2.24, 2.45) is 0 Å². The normalized spacial score (nSPS) is 13.0. The highest BCUT2D eigenvalue weighted by atomic mass is 16.6. The highest BCUT2D eigenvalue weighted by Gasteiger charge is 2.19. The molecule has 0 aliphatic carbocycles. The minimum absolute atomic E-state index is 0.0935. The Morgan fingerprint density at radius 1 is 0.296 bits per heavy atom. The summed E-state index contributed by atoms with van der Waals surface area (Å²) in [7, 11) is 0. The van der Waals surface area contributed by atoms with E-state index in [1.165, 1.54) is 83.5 Å². The molecule has 0 N–H and O–H groups in total. The van der Waals surface area contributed by atoms with Gasteiger partial charge in [0.25, 0.3) is 0 Å². The maximum Gasteiger partial charge on any atom is 0.306 e. The fourth-order valence-corrected chi connectivity index (χ4v) is 7.78. The summed E-state index contributed by atoms with van der Waals surface area (Å²) >= 11 is 0. The van der Waals surface area contributed by atoms with Crippen molar-refractivity contribution in [2.75, 3.05) is 13.2 Å². The maximum atomic E-state index is 12.9. The third-order valence-electron chi connectivity index (χ3n) is 12.0. The molecule has 0 saturated heterocycles. The van der Waals surface area contributed by atoms with Crippen LogP contribution in [0.4, 0.5) is 0 Å². The standard InChI is InChI=1S/C65H106O6/c1-4-7-10-13-16-19-22-25-28-30-32-34-37-40-43-46-49-52-55-58-64(67)70-61-62(60-69-63(66)57-54-51-48-45-42-39-36-27-24-21-18-15-12-9-6-3)71-65(68)59-56-53-50-47-44-41-38-35-33-31-29-26-23-20-17-14-11-8-5-2/h7-12,15-21,24-29,36,62H,4-6,13-14,22-23,30-35,37-61H2,1-3H3/b10-7-,11-8-,12-9-,18-15-,19-16-,20-17-,24-21-,28-25-,29-26-,36-27-. The van der Waals surface area contributed by atoms with Crippen LogP contribution in [0.3, 0.4) is 0 Å². The summed E-state index contributed by atoms with van der Waals surface area (Å²) in [5, 5.41) is 0. The Morgan fingerprint density at radius 2 is 0.577 bits per heavy atom. The Balaban J connectivity index is 4.44. The van der Waals surface area contributed by atoms with Crippen LogP contribution in [-0.2, 0) is 28.6 Å². The molecule has 0 aliphatic heterocycles. The van der Waals surface area contributed by atoms with E-state index in [0.717, 1.165) is 128 Å². The number of ether oxygens (including phenoxy) is 3. The van der Waals surface area contributed by atoms with Gasteiger partial charge in [-0.15, -0.1) is 0 Å². The molecule has 0 fully saturated rings. The van der Waals surface area contributed by atoms with Crippen LogP contribution in [0, 0.1) is 0 Å². The van der Waals surface area contributed by atoms with Crippen LogP contribution in [0.2, 0.25) is 0 Å². The Bertz CT molecular complexity index is 1500. The first-order chi connectivity index (χ1) is 35.0. The number of carbonyl (C=O) groups excluding carboxylic acids is 3. The number of rotatable bonds is 51. The summed E-state index contributed by atoms with van der Waals surface area (Å²) in [6.45, 7) is 6.26. The third-order valence-corrected chi connectivity index (χ3v) is 12.0. The summed E-state index contributed by atoms with van der Waals surface area (Å²) in [6.07, 6.45) is 80.4. The lowest BCUT2D eigenvalue weighted by Gasteiger charge is -2.18. The molecule has 0 aliphatic rings. The maximum absolute atomic E-state index is 12.9. The predicted molar refractivity (Wildman–Crippen MR) is 306 cm³/mol. The van der Waals surface area contributed by atoms with E-state index in [1.807, 2.05) is 18.2 Å². The van der Waals surface area contributed by atoms with Gasteiger partial charge in [0.15, 0.2) is 6.10 Å². The monoisotopic (exact) mass is 983 g/mol. The molecule has 0 rings (SSSR count). The van der Waals surface area contributed by atoms with Gasteiger partial charge in [-0.1, -0.05) is 251 Å². The van der Waals surface area contributed by atoms with Crippen molar-refractivity contribution >= 4 is 17.9 Å². The summed E-state index contributed by atoms with van der Waals surface area (Å²) in [4.78, 5) is 38.2. The van der Waals surface area contributed by atoms with E-state index in [1.54, 1.807) is 0 Å². The van der Waals surface area contributed by atoms with E-state index >= 15 is 0 Å². The number of unbranched alkanes of at least 4 members (excludes halogenated alkanes) is 23. The largest absolute Gasteiger partial charge is 0.462 e. The topological polar surface area (TPSA) is 78.9 Å². The van der Waals surface area contributed by atoms with Gasteiger partial charge in [0.1, 0.15) is 13.2 Å². The van der Waals surface area contributed by atoms with Gasteiger partial charge in [0, 0.05) is 19.3 Å². The fraction of sp³-hybridized carbons (Fsp3) is 0.646. The average molecular weight is 984 g/mol. The number of hydrogen-bond acceptors (Lipinski definition) is 6. The molecule has 6 nitrogen and oxygen atoms in total. The second-order valence-electron chi connectivity index (χ2n) is 18.8. The molecule has 0 bridgehead atoms. The van der Waals surface area contributed by atoms with Gasteiger partial charge >= 0.3 is 17.9 Å². The van der Waals surface area contributed by atoms with Crippen LogP contribution >= 0.6 is 0 Å². The Kier molecular flexibility index (Phi) is 54.9. The molecular weight excluding hydrogens is 877 g/mol. The van der Waals surface area contributed by atoms with E-state index in [9.17, 15) is 14.4 Å². The lowest BCUT2D eigenvalue weighted by molar-refractivity contribution is -0.167. The van der Waals surface area contributed by atoms with Crippen molar-refractivity contribution in [3.05, 3.63) is 122 Å². The molecule has 0 radical (unpaired) electrons. The van der Waals surface area contributed by atoms with Crippen molar-refractivity contribution in [2.45, 2.75) is 258 Å². The van der Waals surface area contributed by atoms with Crippen LogP contribution in [0.1, 0.15) is 252 Å². The Labute approximate surface area is 437 Å². The number of esters is 3. The molecule has 0 heterocycles. The minimum atomic E-state index is -0.798. The van der Waals surface area contributed by atoms with Crippen molar-refractivity contribution in [1.29, 1.82) is 0 Å². The van der Waals surface area contributed by atoms with E-state index < -0.39 is 6.10 Å². The van der Waals surface area contributed by atoms with Gasteiger partial charge in [-0.05, 0) is 103 Å². The van der Waals surface area contributed by atoms with Gasteiger partial charge in [-0.2, -0.15) is 0 Å². The highest BCUT2D eigenvalue weighted by Crippen LogP contribution is 2.15. The molecule has 6 heteroatoms. The van der Waals surface area contributed by atoms with Crippen LogP contribution in [-0.4, -0.2) is 37.2 Å². The van der Waals surface area contributed by atoms with Crippen LogP contribution in [0.15, 0.2) is 122 Å². The number of hydrogen-bond donors (Lipinski definition) is 0. The van der Waals surface area contributed by atoms with Gasteiger partial charge < -0.3 is 14.2 Å². The van der Waals surface area contributed by atoms with Crippen molar-refractivity contribution in [1.82, 2.24) is 0 Å². The summed E-state index contributed by atoms with van der Waals surface area (Å²) < 4.78 is 16.9. The fourth-order valence-electron chi connectivity index (χ4n) is 7.78. The Morgan fingerprint density at radius 3 is 0.958 bits per heavy atom. The predicted octanol–water partition coefficient (Wildman–Crippen LogP) is 19.6. The lowest BCUT2D eigenvalue weighted by atomic mass is 10.1. The SMILES string of the molecule is CC\C=C/C=C\C=C/C=C\CCCCCCCC(=O)OCC(COC(=O)CCCCCCCCCCC/C=C\C/C=C\C/C=C\CC)OC(=O)CCCCCCCCCCC/C=C\C/C=C\C/C=C\CC. The molecule has 0 aromatic rings. The van der Waals surface area contributed by atoms with Gasteiger partial charge in [0.2, 0.25) is 0 Å². The minimum Gasteiger partial charge on any atom is -0.462 e. The van der Waals surface area contributed by atoms with Crippen LogP contribution in [0.25, 0.3) is 0 Å². The van der Waals surface area contributed by atoms with Gasteiger partial charge in [-0.25, -0.2) is 0 Å².